The van der Waals surface area contributed by atoms with E-state index in [2.05, 4.69) is 13.0 Å². The van der Waals surface area contributed by atoms with E-state index in [4.69, 9.17) is 4.42 Å². The van der Waals surface area contributed by atoms with Crippen molar-refractivity contribution in [3.05, 3.63) is 23.7 Å². The number of Topliss-reactive ketones (excluding diaryl/α,β-unsaturated/α-hetero) is 1. The molecule has 1 spiro atoms. The lowest BCUT2D eigenvalue weighted by Crippen LogP contribution is -2.50. The van der Waals surface area contributed by atoms with E-state index in [9.17, 15) is 4.79 Å². The molecular formula is C19H24O2. The fourth-order valence-corrected chi connectivity index (χ4v) is 6.88. The van der Waals surface area contributed by atoms with Gasteiger partial charge in [0.15, 0.2) is 0 Å². The molecule has 0 saturated heterocycles. The summed E-state index contributed by atoms with van der Waals surface area (Å²) >= 11 is 0. The van der Waals surface area contributed by atoms with E-state index in [0.717, 1.165) is 25.2 Å². The van der Waals surface area contributed by atoms with Gasteiger partial charge in [-0.3, -0.25) is 4.79 Å². The van der Waals surface area contributed by atoms with Crippen molar-refractivity contribution in [3.63, 3.8) is 0 Å². The maximum atomic E-state index is 12.3. The zero-order valence-electron chi connectivity index (χ0n) is 12.9. The number of rotatable bonds is 0. The van der Waals surface area contributed by atoms with Gasteiger partial charge in [-0.25, -0.2) is 0 Å². The molecular weight excluding hydrogens is 260 g/mol. The van der Waals surface area contributed by atoms with E-state index in [1.807, 2.05) is 6.26 Å². The molecule has 0 aromatic carbocycles. The van der Waals surface area contributed by atoms with Crippen LogP contribution in [0.2, 0.25) is 0 Å². The molecule has 0 amide bonds. The minimum atomic E-state index is 0.368. The van der Waals surface area contributed by atoms with Crippen LogP contribution in [-0.4, -0.2) is 5.78 Å². The van der Waals surface area contributed by atoms with Crippen molar-refractivity contribution in [1.29, 1.82) is 0 Å². The van der Waals surface area contributed by atoms with Crippen LogP contribution < -0.4 is 0 Å². The molecule has 3 unspecified atom stereocenters. The summed E-state index contributed by atoms with van der Waals surface area (Å²) in [5.74, 6) is 3.66. The van der Waals surface area contributed by atoms with Crippen LogP contribution in [-0.2, 0) is 11.2 Å². The van der Waals surface area contributed by atoms with Crippen LogP contribution in [0.3, 0.4) is 0 Å². The third kappa shape index (κ3) is 1.42. The predicted molar refractivity (Wildman–Crippen MR) is 80.0 cm³/mol. The average Bonchev–Trinajstić information content (AvgIpc) is 3.02. The first kappa shape index (κ1) is 12.5. The zero-order chi connectivity index (χ0) is 14.2. The summed E-state index contributed by atoms with van der Waals surface area (Å²) < 4.78 is 5.71. The smallest absolute Gasteiger partial charge is 0.136 e. The molecule has 3 fully saturated rings. The van der Waals surface area contributed by atoms with E-state index in [1.165, 1.54) is 43.4 Å². The summed E-state index contributed by atoms with van der Waals surface area (Å²) in [6.45, 7) is 2.53. The molecule has 21 heavy (non-hydrogen) atoms. The Morgan fingerprint density at radius 1 is 1.24 bits per heavy atom. The van der Waals surface area contributed by atoms with E-state index >= 15 is 0 Å². The molecule has 4 aliphatic carbocycles. The summed E-state index contributed by atoms with van der Waals surface area (Å²) in [6, 6.07) is 2.22. The molecule has 0 aliphatic heterocycles. The van der Waals surface area contributed by atoms with Crippen molar-refractivity contribution in [2.45, 2.75) is 64.2 Å². The van der Waals surface area contributed by atoms with Crippen LogP contribution in [0, 0.1) is 22.7 Å². The van der Waals surface area contributed by atoms with Crippen LogP contribution in [0.15, 0.2) is 16.7 Å². The molecule has 1 heterocycles. The lowest BCUT2D eigenvalue weighted by molar-refractivity contribution is -0.121. The second-order valence-electron chi connectivity index (χ2n) is 8.43. The van der Waals surface area contributed by atoms with Gasteiger partial charge in [0.25, 0.3) is 0 Å². The van der Waals surface area contributed by atoms with Gasteiger partial charge in [0.2, 0.25) is 0 Å². The molecule has 112 valence electrons. The number of hydrogen-bond acceptors (Lipinski definition) is 2. The lowest BCUT2D eigenvalue weighted by Gasteiger charge is -2.59. The quantitative estimate of drug-likeness (QED) is 0.703. The Hall–Kier alpha value is -1.05. The number of carbonyl (C=O) groups excluding carboxylic acids is 1. The van der Waals surface area contributed by atoms with Crippen LogP contribution in [0.5, 0.6) is 0 Å². The minimum Gasteiger partial charge on any atom is -0.469 e. The molecule has 0 radical (unpaired) electrons. The number of fused-ring (bicyclic) bond motifs is 5. The van der Waals surface area contributed by atoms with Gasteiger partial charge >= 0.3 is 0 Å². The third-order valence-corrected chi connectivity index (χ3v) is 7.75. The summed E-state index contributed by atoms with van der Waals surface area (Å²) in [5.41, 5.74) is 2.25. The van der Waals surface area contributed by atoms with Crippen molar-refractivity contribution in [2.75, 3.05) is 0 Å². The van der Waals surface area contributed by atoms with Gasteiger partial charge in [0.1, 0.15) is 11.5 Å². The van der Waals surface area contributed by atoms with Gasteiger partial charge in [0.05, 0.1) is 6.26 Å². The molecule has 4 aliphatic rings. The highest BCUT2D eigenvalue weighted by Gasteiger charge is 2.62. The molecule has 3 saturated carbocycles. The van der Waals surface area contributed by atoms with Crippen molar-refractivity contribution in [3.8, 4) is 0 Å². The minimum absolute atomic E-state index is 0.368. The third-order valence-electron chi connectivity index (χ3n) is 7.75. The SMILES string of the molecule is C[C@@]12CCc3occc3C1CC[C@]13CC(=O)C(CCC12)C3. The Kier molecular flexibility index (Phi) is 2.28. The summed E-state index contributed by atoms with van der Waals surface area (Å²) in [4.78, 5) is 12.3. The predicted octanol–water partition coefficient (Wildman–Crippen LogP) is 4.49. The first-order valence-corrected chi connectivity index (χ1v) is 8.71. The number of ketones is 1. The highest BCUT2D eigenvalue weighted by atomic mass is 16.3. The van der Waals surface area contributed by atoms with Crippen LogP contribution in [0.25, 0.3) is 0 Å². The maximum absolute atomic E-state index is 12.3. The molecule has 1 aromatic heterocycles. The molecule has 2 bridgehead atoms. The molecule has 5 atom stereocenters. The molecule has 0 N–H and O–H groups in total. The normalized spacial score (nSPS) is 47.7. The van der Waals surface area contributed by atoms with E-state index in [-0.39, 0.29) is 0 Å². The number of furan rings is 1. The van der Waals surface area contributed by atoms with Crippen molar-refractivity contribution in [2.24, 2.45) is 22.7 Å². The first-order valence-electron chi connectivity index (χ1n) is 8.71. The van der Waals surface area contributed by atoms with Gasteiger partial charge in [-0.05, 0) is 72.8 Å². The van der Waals surface area contributed by atoms with Crippen molar-refractivity contribution in [1.82, 2.24) is 0 Å². The molecule has 5 rings (SSSR count). The zero-order valence-corrected chi connectivity index (χ0v) is 12.9. The average molecular weight is 284 g/mol. The second-order valence-corrected chi connectivity index (χ2v) is 8.43. The Bertz CT molecular complexity index is 615. The first-order chi connectivity index (χ1) is 10.1. The summed E-state index contributed by atoms with van der Waals surface area (Å²) in [7, 11) is 0. The van der Waals surface area contributed by atoms with Crippen LogP contribution in [0.1, 0.15) is 69.1 Å². The standard InChI is InChI=1S/C19H24O2/c1-18-7-5-16-13(6-9-21-16)14(18)4-8-19-10-12(15(20)11-19)2-3-17(18)19/h6,9,12,14,17H,2-5,7-8,10-11H2,1H3/t12?,14?,17?,18-,19+/m1/s1. The highest BCUT2D eigenvalue weighted by molar-refractivity contribution is 5.84. The van der Waals surface area contributed by atoms with E-state index in [0.29, 0.717) is 28.4 Å². The van der Waals surface area contributed by atoms with Gasteiger partial charge in [0, 0.05) is 18.8 Å². The monoisotopic (exact) mass is 284 g/mol. The summed E-state index contributed by atoms with van der Waals surface area (Å²) in [5, 5.41) is 0. The largest absolute Gasteiger partial charge is 0.469 e. The fourth-order valence-electron chi connectivity index (χ4n) is 6.88. The maximum Gasteiger partial charge on any atom is 0.136 e. The second kappa shape index (κ2) is 3.83. The topological polar surface area (TPSA) is 30.2 Å². The van der Waals surface area contributed by atoms with Crippen molar-refractivity contribution >= 4 is 5.78 Å². The Balaban J connectivity index is 1.60. The molecule has 1 aromatic rings. The molecule has 2 nitrogen and oxygen atoms in total. The van der Waals surface area contributed by atoms with Gasteiger partial charge in [-0.2, -0.15) is 0 Å². The Morgan fingerprint density at radius 3 is 3.05 bits per heavy atom. The van der Waals surface area contributed by atoms with Crippen molar-refractivity contribution < 1.29 is 9.21 Å². The van der Waals surface area contributed by atoms with Gasteiger partial charge in [-0.15, -0.1) is 0 Å². The van der Waals surface area contributed by atoms with Crippen LogP contribution in [0.4, 0.5) is 0 Å². The van der Waals surface area contributed by atoms with E-state index < -0.39 is 0 Å². The van der Waals surface area contributed by atoms with Gasteiger partial charge in [-0.1, -0.05) is 6.92 Å². The highest BCUT2D eigenvalue weighted by Crippen LogP contribution is 2.69. The number of aryl methyl sites for hydroxylation is 1. The Labute approximate surface area is 126 Å². The molecule has 2 heteroatoms. The fraction of sp³-hybridized carbons (Fsp3) is 0.737. The van der Waals surface area contributed by atoms with E-state index in [1.54, 1.807) is 0 Å². The lowest BCUT2D eigenvalue weighted by atomic mass is 9.45. The summed E-state index contributed by atoms with van der Waals surface area (Å²) in [6.07, 6.45) is 11.3. The number of hydrogen-bond donors (Lipinski definition) is 0. The van der Waals surface area contributed by atoms with Gasteiger partial charge < -0.3 is 4.42 Å². The number of carbonyl (C=O) groups is 1. The Morgan fingerprint density at radius 2 is 2.14 bits per heavy atom. The van der Waals surface area contributed by atoms with Crippen LogP contribution >= 0.6 is 0 Å².